The molecule has 82 heavy (non-hydrogen) atoms. The van der Waals surface area contributed by atoms with Crippen LogP contribution in [0.3, 0.4) is 0 Å². The van der Waals surface area contributed by atoms with Crippen LogP contribution in [0.15, 0.2) is 206 Å². The molecule has 0 saturated carbocycles. The van der Waals surface area contributed by atoms with Crippen LogP contribution in [0.25, 0.3) is 88.1 Å². The summed E-state index contributed by atoms with van der Waals surface area (Å²) in [4.78, 5) is 7.73. The van der Waals surface area contributed by atoms with Crippen molar-refractivity contribution in [2.75, 3.05) is 13.2 Å². The van der Waals surface area contributed by atoms with Gasteiger partial charge in [-0.2, -0.15) is 0 Å². The molecule has 0 unspecified atom stereocenters. The third-order valence-electron chi connectivity index (χ3n) is 18.9. The fourth-order valence-corrected chi connectivity index (χ4v) is 14.9. The normalized spacial score (nSPS) is 16.2. The van der Waals surface area contributed by atoms with E-state index in [1.807, 2.05) is 0 Å². The van der Waals surface area contributed by atoms with Gasteiger partial charge in [0.25, 0.3) is 0 Å². The maximum atomic E-state index is 6.48. The van der Waals surface area contributed by atoms with E-state index in [0.29, 0.717) is 0 Å². The molecule has 0 aliphatic heterocycles. The molecule has 0 spiro atoms. The second kappa shape index (κ2) is 20.7. The third-order valence-corrected chi connectivity index (χ3v) is 18.9. The minimum absolute atomic E-state index is 0.633. The summed E-state index contributed by atoms with van der Waals surface area (Å²) in [5, 5.41) is 4.85. The summed E-state index contributed by atoms with van der Waals surface area (Å²) in [6, 6.07) is 79.4. The van der Waals surface area contributed by atoms with Crippen LogP contribution < -0.4 is 9.47 Å². The van der Waals surface area contributed by atoms with Gasteiger partial charge in [-0.15, -0.1) is 0 Å². The number of aromatic nitrogens is 2. The number of hydrogen-bond donors (Lipinski definition) is 2. The van der Waals surface area contributed by atoms with Crippen LogP contribution in [0, 0.1) is 0 Å². The van der Waals surface area contributed by atoms with E-state index < -0.39 is 10.8 Å². The van der Waals surface area contributed by atoms with Crippen LogP contribution in [-0.2, 0) is 10.8 Å². The van der Waals surface area contributed by atoms with Crippen LogP contribution in [0.5, 0.6) is 11.5 Å². The number of fused-ring (bicyclic) bond motifs is 16. The number of aromatic amines is 2. The molecule has 4 nitrogen and oxygen atoms in total. The molecule has 12 bridgehead atoms. The van der Waals surface area contributed by atoms with Gasteiger partial charge in [0.15, 0.2) is 0 Å². The van der Waals surface area contributed by atoms with Crippen LogP contribution in [0.2, 0.25) is 0 Å². The molecule has 12 aromatic rings. The summed E-state index contributed by atoms with van der Waals surface area (Å²) in [6.07, 6.45) is 14.9. The van der Waals surface area contributed by atoms with Gasteiger partial charge in [0, 0.05) is 43.6 Å². The van der Waals surface area contributed by atoms with Crippen molar-refractivity contribution in [1.82, 2.24) is 9.97 Å². The molecule has 3 aliphatic rings. The number of ether oxygens (including phenoxy) is 2. The molecule has 15 rings (SSSR count). The lowest BCUT2D eigenvalue weighted by molar-refractivity contribution is 0.304. The molecule has 0 saturated heterocycles. The van der Waals surface area contributed by atoms with E-state index in [-0.39, 0.29) is 0 Å². The number of hydrogen-bond acceptors (Lipinski definition) is 2. The quantitative estimate of drug-likeness (QED) is 0.0842. The van der Waals surface area contributed by atoms with E-state index in [9.17, 15) is 0 Å². The maximum absolute atomic E-state index is 6.48. The highest BCUT2D eigenvalue weighted by Gasteiger charge is 2.48. The average Bonchev–Trinajstić information content (AvgIpc) is 2.45. The first-order chi connectivity index (χ1) is 40.5. The summed E-state index contributed by atoms with van der Waals surface area (Å²) in [5.41, 5.74) is 23.2. The molecule has 404 valence electrons. The minimum Gasteiger partial charge on any atom is -0.494 e. The van der Waals surface area contributed by atoms with E-state index in [0.717, 1.165) is 59.6 Å². The van der Waals surface area contributed by atoms with Gasteiger partial charge >= 0.3 is 0 Å². The van der Waals surface area contributed by atoms with Crippen LogP contribution in [-0.4, -0.2) is 23.2 Å². The molecule has 2 atom stereocenters. The number of H-pyrrole nitrogens is 2. The van der Waals surface area contributed by atoms with E-state index in [1.54, 1.807) is 0 Å². The molecule has 0 amide bonds. The fraction of sp³-hybridized carbons (Fsp3) is 0.231. The molecular formula is C78H70N2O2. The zero-order valence-corrected chi connectivity index (χ0v) is 47.3. The van der Waals surface area contributed by atoms with Gasteiger partial charge in [-0.05, 0) is 187 Å². The number of nitrogens with one attached hydrogen (secondary N) is 2. The first-order valence-corrected chi connectivity index (χ1v) is 30.6. The molecule has 2 aromatic heterocycles. The summed E-state index contributed by atoms with van der Waals surface area (Å²) in [5.74, 6) is 1.84. The Hall–Kier alpha value is -8.60. The van der Waals surface area contributed by atoms with Crippen molar-refractivity contribution >= 4 is 43.6 Å². The van der Waals surface area contributed by atoms with Gasteiger partial charge in [-0.25, -0.2) is 0 Å². The predicted molar refractivity (Wildman–Crippen MR) is 342 cm³/mol. The lowest BCUT2D eigenvalue weighted by Gasteiger charge is -2.34. The molecule has 4 heteroatoms. The van der Waals surface area contributed by atoms with E-state index in [2.05, 4.69) is 230 Å². The highest BCUT2D eigenvalue weighted by Crippen LogP contribution is 2.59. The first kappa shape index (κ1) is 50.4. The van der Waals surface area contributed by atoms with Crippen molar-refractivity contribution in [1.29, 1.82) is 0 Å². The first-order valence-electron chi connectivity index (χ1n) is 30.6. The monoisotopic (exact) mass is 1070 g/mol. The van der Waals surface area contributed by atoms with Gasteiger partial charge in [0.2, 0.25) is 0 Å². The summed E-state index contributed by atoms with van der Waals surface area (Å²) < 4.78 is 13.0. The second-order valence-electron chi connectivity index (χ2n) is 23.7. The van der Waals surface area contributed by atoms with E-state index in [1.165, 1.54) is 175 Å². The highest BCUT2D eigenvalue weighted by atomic mass is 16.5. The smallest absolute Gasteiger partial charge is 0.119 e. The summed E-state index contributed by atoms with van der Waals surface area (Å²) >= 11 is 0. The highest BCUT2D eigenvalue weighted by molar-refractivity contribution is 6.11. The minimum atomic E-state index is -0.633. The number of rotatable bonds is 18. The second-order valence-corrected chi connectivity index (χ2v) is 23.7. The SMILES string of the molecule is CCCCCCCCOc1ccc([C@@]23c4ccc5[nH]c6ccc(cc6c5c4)-c4ccc5c(c4)[C@@](c4ccc(OCCCCCCCC)cc4)(c4ccc6[nH]c7ccc(cc7c6c4)-c4ccc(c2c4)-c2ccccc23)c2ccccc2-5)cc1. The Morgan fingerprint density at radius 2 is 0.634 bits per heavy atom. The molecule has 3 aliphatic carbocycles. The Labute approximate surface area is 482 Å². The lowest BCUT2D eigenvalue weighted by atomic mass is 9.67. The largest absolute Gasteiger partial charge is 0.494 e. The van der Waals surface area contributed by atoms with Gasteiger partial charge in [-0.1, -0.05) is 199 Å². The topological polar surface area (TPSA) is 50.0 Å². The van der Waals surface area contributed by atoms with Crippen molar-refractivity contribution in [3.05, 3.63) is 251 Å². The lowest BCUT2D eigenvalue weighted by Crippen LogP contribution is -2.28. The molecule has 0 fully saturated rings. The summed E-state index contributed by atoms with van der Waals surface area (Å²) in [7, 11) is 0. The Bertz CT molecular complexity index is 4100. The molecular weight excluding hydrogens is 997 g/mol. The molecule has 10 aromatic carbocycles. The van der Waals surface area contributed by atoms with Crippen molar-refractivity contribution in [2.45, 2.75) is 102 Å². The zero-order valence-electron chi connectivity index (χ0n) is 47.3. The van der Waals surface area contributed by atoms with Gasteiger partial charge in [-0.3, -0.25) is 0 Å². The Kier molecular flexibility index (Phi) is 12.7. The summed E-state index contributed by atoms with van der Waals surface area (Å²) in [6.45, 7) is 6.02. The predicted octanol–water partition coefficient (Wildman–Crippen LogP) is 20.8. The molecule has 0 radical (unpaired) electrons. The van der Waals surface area contributed by atoms with Crippen molar-refractivity contribution < 1.29 is 9.47 Å². The molecule has 2 N–H and O–H groups in total. The third kappa shape index (κ3) is 8.07. The Balaban J connectivity index is 0.939. The Morgan fingerprint density at radius 1 is 0.293 bits per heavy atom. The van der Waals surface area contributed by atoms with Crippen molar-refractivity contribution in [2.24, 2.45) is 0 Å². The number of unbranched alkanes of at least 4 members (excludes halogenated alkanes) is 10. The Morgan fingerprint density at radius 3 is 1.07 bits per heavy atom. The van der Waals surface area contributed by atoms with Crippen LogP contribution in [0.4, 0.5) is 0 Å². The maximum Gasteiger partial charge on any atom is 0.119 e. The number of benzene rings is 10. The van der Waals surface area contributed by atoms with E-state index in [4.69, 9.17) is 9.47 Å². The van der Waals surface area contributed by atoms with Gasteiger partial charge in [0.1, 0.15) is 11.5 Å². The van der Waals surface area contributed by atoms with E-state index >= 15 is 0 Å². The van der Waals surface area contributed by atoms with Gasteiger partial charge in [0.05, 0.1) is 24.0 Å². The van der Waals surface area contributed by atoms with Crippen LogP contribution in [0.1, 0.15) is 135 Å². The average molecular weight is 1070 g/mol. The molecule has 2 heterocycles. The van der Waals surface area contributed by atoms with Gasteiger partial charge < -0.3 is 19.4 Å². The van der Waals surface area contributed by atoms with Crippen LogP contribution >= 0.6 is 0 Å². The van der Waals surface area contributed by atoms with Crippen molar-refractivity contribution in [3.63, 3.8) is 0 Å². The zero-order chi connectivity index (χ0) is 54.8. The van der Waals surface area contributed by atoms with Crippen molar-refractivity contribution in [3.8, 4) is 56.0 Å². The fourth-order valence-electron chi connectivity index (χ4n) is 14.9. The standard InChI is InChI=1S/C78H70N2O2/c1-3-5-7-9-11-17-43-81-59-33-27-55(28-34-59)77-57-31-41-75-67(49-57)65-46-52(26-40-73(65)79-75)54-24-38-64-62-20-14-16-22-70(62)78(72(64)48-54,56-29-35-60(36-30-56)82-44-18-12-10-8-6-4-2)58-32-42-76-68(50-58)66-45-51(25-39-74(66)80-76)53-23-37-63(71(77)47-53)61-19-13-15-21-69(61)77/h13-16,19-42,45-50,79-80H,3-12,17-18,43-44H2,1-2H3/t77-,78-/m0/s1.